The van der Waals surface area contributed by atoms with E-state index >= 15 is 0 Å². The average molecular weight is 334 g/mol. The van der Waals surface area contributed by atoms with E-state index in [-0.39, 0.29) is 29.6 Å². The quantitative estimate of drug-likeness (QED) is 0.213. The van der Waals surface area contributed by atoms with Crippen molar-refractivity contribution in [2.45, 2.75) is 57.6 Å². The molecule has 0 bridgehead atoms. The largest absolute Gasteiger partial charge is 1.00 e. The Morgan fingerprint density at radius 1 is 1.10 bits per heavy atom. The summed E-state index contributed by atoms with van der Waals surface area (Å²) >= 11 is 0. The number of hydrogen-bond acceptors (Lipinski definition) is 4. The summed E-state index contributed by atoms with van der Waals surface area (Å²) in [5.41, 5.74) is 0. The molecule has 21 heavy (non-hydrogen) atoms. The molecule has 0 saturated carbocycles. The zero-order valence-corrected chi connectivity index (χ0v) is 15.6. The Balaban J connectivity index is -0.000000317. The van der Waals surface area contributed by atoms with Gasteiger partial charge in [0.25, 0.3) is 10.1 Å². The van der Waals surface area contributed by atoms with Gasteiger partial charge in [0, 0.05) is 0 Å². The van der Waals surface area contributed by atoms with Gasteiger partial charge in [-0.15, -0.1) is 0 Å². The van der Waals surface area contributed by atoms with E-state index in [1.807, 2.05) is 0 Å². The van der Waals surface area contributed by atoms with Gasteiger partial charge in [-0.1, -0.05) is 33.1 Å². The molecule has 0 amide bonds. The van der Waals surface area contributed by atoms with Crippen molar-refractivity contribution in [3.05, 3.63) is 6.42 Å². The first kappa shape index (κ1) is 25.8. The van der Waals surface area contributed by atoms with Gasteiger partial charge < -0.3 is 16.6 Å². The van der Waals surface area contributed by atoms with Crippen LogP contribution in [0.4, 0.5) is 0 Å². The predicted octanol–water partition coefficient (Wildman–Crippen LogP) is -1.01. The molecule has 1 unspecified atom stereocenters. The topological polar surface area (TPSA) is 129 Å². The van der Waals surface area contributed by atoms with E-state index in [0.717, 1.165) is 0 Å². The minimum atomic E-state index is -4.84. The van der Waals surface area contributed by atoms with Crippen LogP contribution in [0, 0.1) is 6.42 Å². The summed E-state index contributed by atoms with van der Waals surface area (Å²) in [5, 5.41) is 13.9. The third kappa shape index (κ3) is 17.8. The summed E-state index contributed by atoms with van der Waals surface area (Å²) in [6.07, 6.45) is 7.88. The Labute approximate surface area is 148 Å². The molecular weight excluding hydrogens is 311 g/mol. The molecule has 0 heterocycles. The van der Waals surface area contributed by atoms with E-state index in [9.17, 15) is 18.0 Å². The van der Waals surface area contributed by atoms with E-state index < -0.39 is 33.7 Å². The third-order valence-corrected chi connectivity index (χ3v) is 3.34. The van der Waals surface area contributed by atoms with E-state index in [1.165, 1.54) is 32.1 Å². The van der Waals surface area contributed by atoms with Crippen molar-refractivity contribution in [3.8, 4) is 0 Å². The number of aliphatic carboxylic acids is 2. The Morgan fingerprint density at radius 3 is 1.86 bits per heavy atom. The standard InChI is InChI=1S/C8H17.C4H6O7S.Na/c1-3-5-7-8-6-4-2;5-3(6)1-2(4(7)8)12(9,10)11;/h7H,3-6,8H2,1-2H3;2H,1H2,(H,5,6)(H,7,8)(H,9,10,11);/q-1;;+1. The number of carbonyl (C=O) groups is 2. The number of carboxylic acids is 2. The Hall–Kier alpha value is -0.150. The first-order valence-corrected chi connectivity index (χ1v) is 7.89. The normalized spacial score (nSPS) is 11.6. The van der Waals surface area contributed by atoms with Crippen LogP contribution in [0.2, 0.25) is 0 Å². The maximum atomic E-state index is 10.2. The molecule has 0 radical (unpaired) electrons. The summed E-state index contributed by atoms with van der Waals surface area (Å²) in [7, 11) is -4.84. The van der Waals surface area contributed by atoms with Crippen molar-refractivity contribution in [2.24, 2.45) is 0 Å². The molecule has 0 aliphatic carbocycles. The van der Waals surface area contributed by atoms with Gasteiger partial charge in [-0.3, -0.25) is 14.1 Å². The number of rotatable bonds is 9. The molecule has 120 valence electrons. The van der Waals surface area contributed by atoms with Crippen LogP contribution >= 0.6 is 0 Å². The first-order chi connectivity index (χ1) is 9.16. The van der Waals surface area contributed by atoms with Crippen LogP contribution in [0.25, 0.3) is 0 Å². The van der Waals surface area contributed by atoms with Crippen LogP contribution in [0.15, 0.2) is 0 Å². The Morgan fingerprint density at radius 2 is 1.62 bits per heavy atom. The van der Waals surface area contributed by atoms with Gasteiger partial charge in [-0.25, -0.2) is 0 Å². The third-order valence-electron chi connectivity index (χ3n) is 2.25. The molecule has 0 rings (SSSR count). The molecule has 0 aromatic carbocycles. The van der Waals surface area contributed by atoms with E-state index in [0.29, 0.717) is 0 Å². The van der Waals surface area contributed by atoms with Gasteiger partial charge in [0.05, 0.1) is 6.42 Å². The summed E-state index contributed by atoms with van der Waals surface area (Å²) in [5.74, 6) is -3.50. The van der Waals surface area contributed by atoms with Crippen LogP contribution in [0.5, 0.6) is 0 Å². The van der Waals surface area contributed by atoms with E-state index in [2.05, 4.69) is 20.3 Å². The fraction of sp³-hybridized carbons (Fsp3) is 0.750. The summed E-state index contributed by atoms with van der Waals surface area (Å²) in [6.45, 7) is 4.46. The number of carboxylic acid groups (broad SMARTS) is 2. The molecule has 9 heteroatoms. The monoisotopic (exact) mass is 334 g/mol. The van der Waals surface area contributed by atoms with Crippen LogP contribution in [0.3, 0.4) is 0 Å². The fourth-order valence-corrected chi connectivity index (χ4v) is 1.78. The zero-order valence-electron chi connectivity index (χ0n) is 12.8. The molecule has 1 atom stereocenters. The van der Waals surface area contributed by atoms with Gasteiger partial charge in [-0.2, -0.15) is 21.3 Å². The van der Waals surface area contributed by atoms with Crippen LogP contribution in [0.1, 0.15) is 52.4 Å². The molecule has 0 aromatic rings. The zero-order chi connectivity index (χ0) is 16.2. The van der Waals surface area contributed by atoms with Gasteiger partial charge in [0.2, 0.25) is 0 Å². The van der Waals surface area contributed by atoms with Crippen molar-refractivity contribution in [1.29, 1.82) is 0 Å². The van der Waals surface area contributed by atoms with E-state index in [4.69, 9.17) is 14.8 Å². The van der Waals surface area contributed by atoms with E-state index in [1.54, 1.807) is 0 Å². The summed E-state index contributed by atoms with van der Waals surface area (Å²) in [4.78, 5) is 20.0. The predicted molar refractivity (Wildman–Crippen MR) is 74.0 cm³/mol. The number of hydrogen-bond donors (Lipinski definition) is 3. The maximum absolute atomic E-state index is 10.2. The SMILES string of the molecule is CCC[CH-]CCCC.O=C(O)CC(C(=O)O)S(=O)(=O)O.[Na+]. The van der Waals surface area contributed by atoms with Crippen molar-refractivity contribution in [2.75, 3.05) is 0 Å². The molecule has 0 saturated heterocycles. The second-order valence-electron chi connectivity index (χ2n) is 4.16. The van der Waals surface area contributed by atoms with Crippen LogP contribution in [-0.2, 0) is 19.7 Å². The maximum Gasteiger partial charge on any atom is 1.00 e. The first-order valence-electron chi connectivity index (χ1n) is 6.39. The van der Waals surface area contributed by atoms with Crippen molar-refractivity contribution >= 4 is 22.1 Å². The second-order valence-corrected chi connectivity index (χ2v) is 5.76. The molecule has 0 spiro atoms. The van der Waals surface area contributed by atoms with Crippen molar-refractivity contribution in [3.63, 3.8) is 0 Å². The minimum absolute atomic E-state index is 0. The summed E-state index contributed by atoms with van der Waals surface area (Å²) < 4.78 is 28.7. The van der Waals surface area contributed by atoms with Gasteiger partial charge in [-0.05, 0) is 0 Å². The van der Waals surface area contributed by atoms with Crippen LogP contribution < -0.4 is 29.6 Å². The Bertz CT molecular complexity index is 375. The van der Waals surface area contributed by atoms with Crippen molar-refractivity contribution in [1.82, 2.24) is 0 Å². The smallest absolute Gasteiger partial charge is 0.481 e. The number of unbranched alkanes of at least 4 members (excludes halogenated alkanes) is 5. The molecular formula is C12H23NaO7S. The second kappa shape index (κ2) is 14.8. The fourth-order valence-electron chi connectivity index (χ4n) is 1.18. The van der Waals surface area contributed by atoms with Gasteiger partial charge >= 0.3 is 41.5 Å². The van der Waals surface area contributed by atoms with Gasteiger partial charge in [0.15, 0.2) is 5.25 Å². The molecule has 0 aliphatic rings. The van der Waals surface area contributed by atoms with Crippen LogP contribution in [-0.4, -0.2) is 40.4 Å². The van der Waals surface area contributed by atoms with Gasteiger partial charge in [0.1, 0.15) is 0 Å². The molecule has 7 nitrogen and oxygen atoms in total. The summed E-state index contributed by atoms with van der Waals surface area (Å²) in [6, 6.07) is 0. The molecule has 0 fully saturated rings. The minimum Gasteiger partial charge on any atom is -0.481 e. The molecule has 3 N–H and O–H groups in total. The average Bonchev–Trinajstić information content (AvgIpc) is 2.31. The molecule has 0 aliphatic heterocycles. The Kier molecular flexibility index (Phi) is 18.1. The van der Waals surface area contributed by atoms with Crippen molar-refractivity contribution < 1.29 is 62.3 Å². The molecule has 0 aromatic heterocycles.